The molecule has 1 unspecified atom stereocenters. The molecule has 1 aliphatic heterocycles. The van der Waals surface area contributed by atoms with Crippen LogP contribution in [0.5, 0.6) is 5.75 Å². The number of oxime groups is 1. The summed E-state index contributed by atoms with van der Waals surface area (Å²) in [5.41, 5.74) is 1.94. The van der Waals surface area contributed by atoms with Gasteiger partial charge in [-0.2, -0.15) is 0 Å². The summed E-state index contributed by atoms with van der Waals surface area (Å²) in [5, 5.41) is 13.8. The monoisotopic (exact) mass is 356 g/mol. The van der Waals surface area contributed by atoms with E-state index in [0.29, 0.717) is 29.1 Å². The van der Waals surface area contributed by atoms with Gasteiger partial charge in [0.15, 0.2) is 0 Å². The van der Waals surface area contributed by atoms with E-state index < -0.39 is 12.3 Å². The molecule has 1 aromatic heterocycles. The molecular formula is C19H20N2O5. The number of hydrogen-bond donors (Lipinski definition) is 1. The van der Waals surface area contributed by atoms with E-state index in [1.807, 2.05) is 0 Å². The van der Waals surface area contributed by atoms with Crippen LogP contribution in [-0.2, 0) is 14.3 Å². The smallest absolute Gasteiger partial charge is 0.337 e. The number of nitrogens with zero attached hydrogens (tertiary/aromatic N) is 2. The number of aromatic nitrogens is 1. The second kappa shape index (κ2) is 8.44. The Balaban J connectivity index is 1.94. The average molecular weight is 356 g/mol. The fourth-order valence-corrected chi connectivity index (χ4v) is 2.58. The van der Waals surface area contributed by atoms with E-state index in [1.165, 1.54) is 13.3 Å². The number of rotatable bonds is 5. The second-order valence-electron chi connectivity index (χ2n) is 5.81. The van der Waals surface area contributed by atoms with Gasteiger partial charge in [-0.05, 0) is 49.2 Å². The highest BCUT2D eigenvalue weighted by molar-refractivity contribution is 6.12. The van der Waals surface area contributed by atoms with Crippen molar-refractivity contribution in [3.8, 4) is 5.75 Å². The van der Waals surface area contributed by atoms with Gasteiger partial charge in [0.2, 0.25) is 6.29 Å². The molecule has 0 saturated carbocycles. The van der Waals surface area contributed by atoms with Gasteiger partial charge in [-0.3, -0.25) is 4.98 Å². The third kappa shape index (κ3) is 4.37. The number of phenols is 1. The van der Waals surface area contributed by atoms with Crippen molar-refractivity contribution in [2.24, 2.45) is 5.16 Å². The van der Waals surface area contributed by atoms with Crippen molar-refractivity contribution in [1.82, 2.24) is 4.98 Å². The lowest BCUT2D eigenvalue weighted by Gasteiger charge is -2.20. The van der Waals surface area contributed by atoms with E-state index in [9.17, 15) is 9.90 Å². The van der Waals surface area contributed by atoms with E-state index in [4.69, 9.17) is 14.3 Å². The topological polar surface area (TPSA) is 90.2 Å². The standard InChI is InChI=1S/C19H20N2O5/c1-24-19(23)14-9-10-20-16(12-14)18(13-5-7-15(22)8-6-13)21-26-17-4-2-3-11-25-17/h5-10,12,17,22H,2-4,11H2,1H3/b21-18-. The average Bonchev–Trinajstić information content (AvgIpc) is 2.70. The highest BCUT2D eigenvalue weighted by atomic mass is 16.8. The zero-order valence-corrected chi connectivity index (χ0v) is 14.4. The minimum atomic E-state index is -0.463. The molecule has 1 N–H and O–H groups in total. The van der Waals surface area contributed by atoms with E-state index >= 15 is 0 Å². The molecular weight excluding hydrogens is 336 g/mol. The summed E-state index contributed by atoms with van der Waals surface area (Å²) in [7, 11) is 1.32. The third-order valence-corrected chi connectivity index (χ3v) is 3.96. The van der Waals surface area contributed by atoms with Crippen LogP contribution in [0.3, 0.4) is 0 Å². The number of pyridine rings is 1. The number of methoxy groups -OCH3 is 1. The lowest BCUT2D eigenvalue weighted by molar-refractivity contribution is -0.162. The zero-order valence-electron chi connectivity index (χ0n) is 14.4. The van der Waals surface area contributed by atoms with Gasteiger partial charge >= 0.3 is 5.97 Å². The Bertz CT molecular complexity index is 783. The molecule has 0 amide bonds. The van der Waals surface area contributed by atoms with Crippen molar-refractivity contribution < 1.29 is 24.2 Å². The number of aromatic hydroxyl groups is 1. The summed E-state index contributed by atoms with van der Waals surface area (Å²) in [5.74, 6) is -0.323. The Kier molecular flexibility index (Phi) is 5.80. The predicted octanol–water partition coefficient (Wildman–Crippen LogP) is 2.87. The fraction of sp³-hybridized carbons (Fsp3) is 0.316. The van der Waals surface area contributed by atoms with Crippen molar-refractivity contribution in [2.75, 3.05) is 13.7 Å². The Morgan fingerprint density at radius 2 is 2.04 bits per heavy atom. The summed E-state index contributed by atoms with van der Waals surface area (Å²) in [6.45, 7) is 0.644. The lowest BCUT2D eigenvalue weighted by atomic mass is 10.1. The molecule has 1 saturated heterocycles. The molecule has 1 aliphatic rings. The molecule has 26 heavy (non-hydrogen) atoms. The van der Waals surface area contributed by atoms with Crippen LogP contribution in [0.15, 0.2) is 47.8 Å². The van der Waals surface area contributed by atoms with Crippen LogP contribution in [0.4, 0.5) is 0 Å². The van der Waals surface area contributed by atoms with Crippen LogP contribution in [0, 0.1) is 0 Å². The molecule has 2 heterocycles. The number of esters is 1. The van der Waals surface area contributed by atoms with Crippen molar-refractivity contribution in [2.45, 2.75) is 25.6 Å². The molecule has 0 radical (unpaired) electrons. The van der Waals surface area contributed by atoms with E-state index in [0.717, 1.165) is 19.3 Å². The van der Waals surface area contributed by atoms with Crippen molar-refractivity contribution in [1.29, 1.82) is 0 Å². The van der Waals surface area contributed by atoms with Gasteiger partial charge < -0.3 is 19.4 Å². The Morgan fingerprint density at radius 3 is 2.73 bits per heavy atom. The molecule has 3 rings (SSSR count). The number of ether oxygens (including phenoxy) is 2. The van der Waals surface area contributed by atoms with Crippen molar-refractivity contribution in [3.05, 3.63) is 59.4 Å². The molecule has 7 heteroatoms. The van der Waals surface area contributed by atoms with Gasteiger partial charge in [0.1, 0.15) is 11.5 Å². The molecule has 0 aliphatic carbocycles. The highest BCUT2D eigenvalue weighted by Crippen LogP contribution is 2.18. The van der Waals surface area contributed by atoms with E-state index in [1.54, 1.807) is 36.4 Å². The van der Waals surface area contributed by atoms with Crippen LogP contribution in [0.1, 0.15) is 40.9 Å². The molecule has 2 aromatic rings. The fourth-order valence-electron chi connectivity index (χ4n) is 2.58. The van der Waals surface area contributed by atoms with Crippen LogP contribution in [-0.4, -0.2) is 41.8 Å². The molecule has 0 spiro atoms. The maximum absolute atomic E-state index is 11.8. The van der Waals surface area contributed by atoms with E-state index in [2.05, 4.69) is 10.1 Å². The number of carbonyl (C=O) groups excluding carboxylic acids is 1. The minimum Gasteiger partial charge on any atom is -0.508 e. The number of hydrogen-bond acceptors (Lipinski definition) is 7. The summed E-state index contributed by atoms with van der Waals surface area (Å²) in [6, 6.07) is 9.65. The van der Waals surface area contributed by atoms with Crippen LogP contribution in [0.2, 0.25) is 0 Å². The Hall–Kier alpha value is -2.93. The highest BCUT2D eigenvalue weighted by Gasteiger charge is 2.17. The maximum atomic E-state index is 11.8. The first-order valence-corrected chi connectivity index (χ1v) is 8.37. The predicted molar refractivity (Wildman–Crippen MR) is 94.0 cm³/mol. The first-order chi connectivity index (χ1) is 12.7. The normalized spacial score (nSPS) is 17.6. The second-order valence-corrected chi connectivity index (χ2v) is 5.81. The SMILES string of the molecule is COC(=O)c1ccnc(/C(=N\OC2CCCCO2)c2ccc(O)cc2)c1. The van der Waals surface area contributed by atoms with Gasteiger partial charge in [0.25, 0.3) is 0 Å². The van der Waals surface area contributed by atoms with Crippen molar-refractivity contribution in [3.63, 3.8) is 0 Å². The minimum absolute atomic E-state index is 0.140. The quantitative estimate of drug-likeness (QED) is 0.503. The molecule has 1 aromatic carbocycles. The van der Waals surface area contributed by atoms with Gasteiger partial charge in [-0.25, -0.2) is 4.79 Å². The Labute approximate surface area is 151 Å². The summed E-state index contributed by atoms with van der Waals surface area (Å²) >= 11 is 0. The maximum Gasteiger partial charge on any atom is 0.337 e. The molecule has 136 valence electrons. The summed E-state index contributed by atoms with van der Waals surface area (Å²) < 4.78 is 10.3. The van der Waals surface area contributed by atoms with Gasteiger partial charge in [-0.15, -0.1) is 0 Å². The van der Waals surface area contributed by atoms with Crippen LogP contribution < -0.4 is 0 Å². The molecule has 0 bridgehead atoms. The first kappa shape index (κ1) is 17.9. The number of benzene rings is 1. The van der Waals surface area contributed by atoms with Gasteiger partial charge in [0.05, 0.1) is 25.0 Å². The first-order valence-electron chi connectivity index (χ1n) is 8.37. The van der Waals surface area contributed by atoms with E-state index in [-0.39, 0.29) is 5.75 Å². The summed E-state index contributed by atoms with van der Waals surface area (Å²) in [4.78, 5) is 21.7. The largest absolute Gasteiger partial charge is 0.508 e. The zero-order chi connectivity index (χ0) is 18.4. The Morgan fingerprint density at radius 1 is 1.23 bits per heavy atom. The third-order valence-electron chi connectivity index (χ3n) is 3.96. The van der Waals surface area contributed by atoms with Gasteiger partial charge in [-0.1, -0.05) is 5.16 Å². The molecule has 1 fully saturated rings. The van der Waals surface area contributed by atoms with Crippen LogP contribution in [0.25, 0.3) is 0 Å². The van der Waals surface area contributed by atoms with Crippen molar-refractivity contribution >= 4 is 11.7 Å². The summed E-state index contributed by atoms with van der Waals surface area (Å²) in [6.07, 6.45) is 3.90. The van der Waals surface area contributed by atoms with Crippen LogP contribution >= 0.6 is 0 Å². The van der Waals surface area contributed by atoms with Gasteiger partial charge in [0, 0.05) is 18.2 Å². The molecule has 1 atom stereocenters. The lowest BCUT2D eigenvalue weighted by Crippen LogP contribution is -2.21. The molecule has 7 nitrogen and oxygen atoms in total. The number of phenolic OH excluding ortho intramolecular Hbond substituents is 1. The number of carbonyl (C=O) groups is 1.